The smallest absolute Gasteiger partial charge is 0.248 e. The van der Waals surface area contributed by atoms with Crippen molar-refractivity contribution in [1.82, 2.24) is 0 Å². The molecule has 3 aromatic rings. The van der Waals surface area contributed by atoms with Gasteiger partial charge < -0.3 is 14.6 Å². The van der Waals surface area contributed by atoms with Crippen molar-refractivity contribution in [1.29, 1.82) is 0 Å². The van der Waals surface area contributed by atoms with Crippen molar-refractivity contribution in [3.63, 3.8) is 0 Å². The second-order valence-corrected chi connectivity index (χ2v) is 8.03. The van der Waals surface area contributed by atoms with E-state index in [2.05, 4.69) is 10.2 Å². The monoisotopic (exact) mass is 440 g/mol. The number of piperidine rings is 1. The lowest BCUT2D eigenvalue weighted by Gasteiger charge is -2.29. The van der Waals surface area contributed by atoms with E-state index >= 15 is 0 Å². The number of halogens is 2. The van der Waals surface area contributed by atoms with Crippen LogP contribution in [0, 0.1) is 0 Å². The van der Waals surface area contributed by atoms with Crippen LogP contribution in [0.4, 0.5) is 11.4 Å². The fraction of sp³-hybridized carbons (Fsp3) is 0.208. The fourth-order valence-electron chi connectivity index (χ4n) is 3.57. The van der Waals surface area contributed by atoms with Crippen LogP contribution in [0.1, 0.15) is 25.0 Å². The van der Waals surface area contributed by atoms with Gasteiger partial charge in [-0.15, -0.1) is 0 Å². The summed E-state index contributed by atoms with van der Waals surface area (Å²) in [7, 11) is 0. The lowest BCUT2D eigenvalue weighted by molar-refractivity contribution is -0.111. The van der Waals surface area contributed by atoms with E-state index < -0.39 is 0 Å². The molecule has 2 aromatic carbocycles. The Morgan fingerprint density at radius 3 is 2.53 bits per heavy atom. The van der Waals surface area contributed by atoms with E-state index in [9.17, 15) is 4.79 Å². The summed E-state index contributed by atoms with van der Waals surface area (Å²) in [6.07, 6.45) is 6.69. The number of carbonyl (C=O) groups excluding carboxylic acids is 1. The predicted molar refractivity (Wildman–Crippen MR) is 124 cm³/mol. The van der Waals surface area contributed by atoms with Crippen molar-refractivity contribution in [2.75, 3.05) is 23.3 Å². The Kier molecular flexibility index (Phi) is 6.46. The van der Waals surface area contributed by atoms with Crippen LogP contribution in [-0.2, 0) is 4.79 Å². The minimum absolute atomic E-state index is 0.257. The summed E-state index contributed by atoms with van der Waals surface area (Å²) in [5.41, 5.74) is 2.49. The van der Waals surface area contributed by atoms with E-state index in [4.69, 9.17) is 27.6 Å². The van der Waals surface area contributed by atoms with Crippen LogP contribution in [-0.4, -0.2) is 19.0 Å². The summed E-state index contributed by atoms with van der Waals surface area (Å²) in [6.45, 7) is 2.04. The first-order valence-corrected chi connectivity index (χ1v) is 10.7. The van der Waals surface area contributed by atoms with Gasteiger partial charge >= 0.3 is 0 Å². The molecule has 0 aliphatic carbocycles. The van der Waals surface area contributed by atoms with Gasteiger partial charge in [0.1, 0.15) is 11.5 Å². The van der Waals surface area contributed by atoms with Crippen LogP contribution in [0.25, 0.3) is 17.4 Å². The van der Waals surface area contributed by atoms with E-state index in [0.717, 1.165) is 24.3 Å². The molecule has 154 valence electrons. The Labute approximate surface area is 186 Å². The second kappa shape index (κ2) is 9.41. The lowest BCUT2D eigenvalue weighted by atomic mass is 10.1. The van der Waals surface area contributed by atoms with Gasteiger partial charge in [0.25, 0.3) is 0 Å². The van der Waals surface area contributed by atoms with E-state index in [-0.39, 0.29) is 5.91 Å². The normalized spacial score (nSPS) is 14.3. The van der Waals surface area contributed by atoms with Gasteiger partial charge in [-0.1, -0.05) is 35.3 Å². The molecule has 1 saturated heterocycles. The molecule has 1 fully saturated rings. The van der Waals surface area contributed by atoms with Gasteiger partial charge in [0.2, 0.25) is 5.91 Å². The highest BCUT2D eigenvalue weighted by Gasteiger charge is 2.14. The highest BCUT2D eigenvalue weighted by Crippen LogP contribution is 2.31. The number of nitrogens with zero attached hydrogens (tertiary/aromatic N) is 1. The second-order valence-electron chi connectivity index (χ2n) is 7.22. The number of amides is 1. The summed E-state index contributed by atoms with van der Waals surface area (Å²) in [6, 6.07) is 16.7. The quantitative estimate of drug-likeness (QED) is 0.438. The fourth-order valence-corrected chi connectivity index (χ4v) is 4.09. The van der Waals surface area contributed by atoms with Crippen molar-refractivity contribution in [2.45, 2.75) is 19.3 Å². The third-order valence-electron chi connectivity index (χ3n) is 5.08. The maximum Gasteiger partial charge on any atom is 0.248 e. The highest BCUT2D eigenvalue weighted by molar-refractivity contribution is 6.33. The van der Waals surface area contributed by atoms with Gasteiger partial charge in [-0.2, -0.15) is 0 Å². The number of hydrogen-bond donors (Lipinski definition) is 1. The molecule has 0 spiro atoms. The van der Waals surface area contributed by atoms with Gasteiger partial charge in [0.05, 0.1) is 15.7 Å². The average Bonchev–Trinajstić information content (AvgIpc) is 3.22. The Morgan fingerprint density at radius 2 is 1.77 bits per heavy atom. The SMILES string of the molecule is O=C(/C=C/c1ccc(-c2ccccc2Cl)o1)Nc1ccc(N2CCCCC2)c(Cl)c1. The van der Waals surface area contributed by atoms with Gasteiger partial charge in [-0.05, 0) is 67.8 Å². The molecule has 0 bridgehead atoms. The zero-order chi connectivity index (χ0) is 20.9. The van der Waals surface area contributed by atoms with E-state index in [0.29, 0.717) is 27.3 Å². The predicted octanol–water partition coefficient (Wildman–Crippen LogP) is 6.90. The number of benzene rings is 2. The molecule has 4 rings (SSSR count). The number of carbonyl (C=O) groups is 1. The molecule has 0 atom stereocenters. The topological polar surface area (TPSA) is 45.5 Å². The van der Waals surface area contributed by atoms with Crippen LogP contribution < -0.4 is 10.2 Å². The van der Waals surface area contributed by atoms with Crippen molar-refractivity contribution < 1.29 is 9.21 Å². The van der Waals surface area contributed by atoms with Crippen LogP contribution >= 0.6 is 23.2 Å². The average molecular weight is 441 g/mol. The summed E-state index contributed by atoms with van der Waals surface area (Å²) < 4.78 is 5.78. The minimum Gasteiger partial charge on any atom is -0.457 e. The molecule has 6 heteroatoms. The molecule has 30 heavy (non-hydrogen) atoms. The Morgan fingerprint density at radius 1 is 0.967 bits per heavy atom. The largest absolute Gasteiger partial charge is 0.457 e. The summed E-state index contributed by atoms with van der Waals surface area (Å²) in [5.74, 6) is 0.965. The van der Waals surface area contributed by atoms with Crippen molar-refractivity contribution >= 4 is 46.6 Å². The van der Waals surface area contributed by atoms with Crippen molar-refractivity contribution in [3.05, 3.63) is 76.5 Å². The first kappa shape index (κ1) is 20.6. The van der Waals surface area contributed by atoms with Gasteiger partial charge in [-0.3, -0.25) is 4.79 Å². The number of furan rings is 1. The molecule has 2 heterocycles. The number of rotatable bonds is 5. The Hall–Kier alpha value is -2.69. The maximum absolute atomic E-state index is 12.3. The third kappa shape index (κ3) is 4.89. The third-order valence-corrected chi connectivity index (χ3v) is 5.71. The molecular weight excluding hydrogens is 419 g/mol. The first-order valence-electron chi connectivity index (χ1n) is 9.98. The van der Waals surface area contributed by atoms with Crippen LogP contribution in [0.2, 0.25) is 10.0 Å². The first-order chi connectivity index (χ1) is 14.6. The van der Waals surface area contributed by atoms with E-state index in [1.807, 2.05) is 42.5 Å². The molecule has 1 N–H and O–H groups in total. The van der Waals surface area contributed by atoms with Gasteiger partial charge in [0.15, 0.2) is 0 Å². The van der Waals surface area contributed by atoms with Crippen molar-refractivity contribution in [2.24, 2.45) is 0 Å². The zero-order valence-corrected chi connectivity index (χ0v) is 17.9. The summed E-state index contributed by atoms with van der Waals surface area (Å²) in [4.78, 5) is 14.6. The number of hydrogen-bond acceptors (Lipinski definition) is 3. The molecular formula is C24H22Cl2N2O2. The van der Waals surface area contributed by atoms with Crippen molar-refractivity contribution in [3.8, 4) is 11.3 Å². The van der Waals surface area contributed by atoms with Gasteiger partial charge in [-0.25, -0.2) is 0 Å². The van der Waals surface area contributed by atoms with E-state index in [1.165, 1.54) is 25.3 Å². The molecule has 1 aliphatic rings. The Balaban J connectivity index is 1.39. The Bertz CT molecular complexity index is 1070. The molecule has 1 aromatic heterocycles. The molecule has 0 saturated carbocycles. The minimum atomic E-state index is -0.257. The molecule has 1 amide bonds. The molecule has 0 unspecified atom stereocenters. The van der Waals surface area contributed by atoms with E-state index in [1.54, 1.807) is 18.2 Å². The highest BCUT2D eigenvalue weighted by atomic mass is 35.5. The number of nitrogens with one attached hydrogen (secondary N) is 1. The number of anilines is 2. The van der Waals surface area contributed by atoms with Crippen LogP contribution in [0.15, 0.2) is 65.1 Å². The standard InChI is InChI=1S/C24H22Cl2N2O2/c25-20-7-3-2-6-19(20)23-12-9-18(30-23)10-13-24(29)27-17-8-11-22(21(26)16-17)28-14-4-1-5-15-28/h2-3,6-13,16H,1,4-5,14-15H2,(H,27,29)/b13-10+. The molecule has 4 nitrogen and oxygen atoms in total. The maximum atomic E-state index is 12.3. The lowest BCUT2D eigenvalue weighted by Crippen LogP contribution is -2.29. The molecule has 1 aliphatic heterocycles. The van der Waals surface area contributed by atoms with Gasteiger partial charge in [0, 0.05) is 30.4 Å². The summed E-state index contributed by atoms with van der Waals surface area (Å²) in [5, 5.41) is 4.10. The zero-order valence-electron chi connectivity index (χ0n) is 16.4. The molecule has 0 radical (unpaired) electrons. The van der Waals surface area contributed by atoms with Crippen LogP contribution in [0.5, 0.6) is 0 Å². The summed E-state index contributed by atoms with van der Waals surface area (Å²) >= 11 is 12.7. The van der Waals surface area contributed by atoms with Crippen LogP contribution in [0.3, 0.4) is 0 Å².